The molecule has 0 saturated carbocycles. The summed E-state index contributed by atoms with van der Waals surface area (Å²) in [6.45, 7) is 3.88. The molecule has 3 unspecified atom stereocenters. The van der Waals surface area contributed by atoms with Crippen LogP contribution in [0.25, 0.3) is 0 Å². The lowest BCUT2D eigenvalue weighted by molar-refractivity contribution is 0.0975. The van der Waals surface area contributed by atoms with Gasteiger partial charge in [0, 0.05) is 24.1 Å². The van der Waals surface area contributed by atoms with Gasteiger partial charge in [-0.25, -0.2) is 13.8 Å². The maximum absolute atomic E-state index is 13.7. The number of guanidine groups is 1. The summed E-state index contributed by atoms with van der Waals surface area (Å²) in [5.74, 6) is -1.45. The number of benzene rings is 2. The van der Waals surface area contributed by atoms with Gasteiger partial charge in [-0.05, 0) is 49.2 Å². The molecular weight excluding hydrogens is 412 g/mol. The van der Waals surface area contributed by atoms with Crippen LogP contribution in [0.1, 0.15) is 48.7 Å². The minimum Gasteiger partial charge on any atom is -0.354 e. The number of hydrogen-bond acceptors (Lipinski definition) is 4. The number of aliphatic imine (C=N–C) groups is 1. The first-order valence-corrected chi connectivity index (χ1v) is 9.94. The fourth-order valence-corrected chi connectivity index (χ4v) is 2.70. The Morgan fingerprint density at radius 3 is 2.43 bits per heavy atom. The van der Waals surface area contributed by atoms with Crippen molar-refractivity contribution in [3.05, 3.63) is 70.2 Å². The zero-order valence-corrected chi connectivity index (χ0v) is 17.6. The van der Waals surface area contributed by atoms with Crippen LogP contribution in [0.2, 0.25) is 5.02 Å². The lowest BCUT2D eigenvalue weighted by atomic mass is 10.0. The van der Waals surface area contributed by atoms with Crippen LogP contribution in [0, 0.1) is 11.6 Å². The number of nitrogens with zero attached hydrogens (tertiary/aromatic N) is 1. The Morgan fingerprint density at radius 1 is 1.17 bits per heavy atom. The molecule has 0 saturated heterocycles. The molecular formula is C21H26ClF2N5O. The van der Waals surface area contributed by atoms with Crippen molar-refractivity contribution in [2.75, 3.05) is 0 Å². The molecule has 1 amide bonds. The summed E-state index contributed by atoms with van der Waals surface area (Å²) >= 11 is 5.66. The van der Waals surface area contributed by atoms with Crippen molar-refractivity contribution in [2.45, 2.75) is 44.9 Å². The monoisotopic (exact) mass is 437 g/mol. The van der Waals surface area contributed by atoms with Gasteiger partial charge in [0.15, 0.2) is 5.96 Å². The average Bonchev–Trinajstić information content (AvgIpc) is 2.70. The molecule has 162 valence electrons. The number of carbonyl (C=O) groups excluding carboxylic acids is 1. The predicted molar refractivity (Wildman–Crippen MR) is 115 cm³/mol. The molecule has 0 fully saturated rings. The average molecular weight is 438 g/mol. The van der Waals surface area contributed by atoms with E-state index in [2.05, 4.69) is 15.6 Å². The van der Waals surface area contributed by atoms with Crippen LogP contribution in [-0.4, -0.2) is 24.1 Å². The minimum absolute atomic E-state index is 0.00368. The highest BCUT2D eigenvalue weighted by molar-refractivity contribution is 6.30. The first-order valence-electron chi connectivity index (χ1n) is 9.57. The quantitative estimate of drug-likeness (QED) is 0.393. The van der Waals surface area contributed by atoms with E-state index in [0.29, 0.717) is 0 Å². The van der Waals surface area contributed by atoms with Gasteiger partial charge in [0.1, 0.15) is 17.8 Å². The first-order chi connectivity index (χ1) is 14.2. The first kappa shape index (κ1) is 23.7. The van der Waals surface area contributed by atoms with Crippen LogP contribution in [0.4, 0.5) is 8.78 Å². The number of amides is 1. The molecule has 0 aliphatic carbocycles. The number of nitrogens with two attached hydrogens (primary N) is 2. The predicted octanol–water partition coefficient (Wildman–Crippen LogP) is 3.47. The van der Waals surface area contributed by atoms with Crippen LogP contribution in [-0.2, 0) is 0 Å². The van der Waals surface area contributed by atoms with E-state index < -0.39 is 23.9 Å². The largest absolute Gasteiger partial charge is 0.354 e. The third-order valence-electron chi connectivity index (χ3n) is 4.50. The highest BCUT2D eigenvalue weighted by atomic mass is 35.5. The molecule has 0 spiro atoms. The molecule has 0 aromatic heterocycles. The minimum atomic E-state index is -0.737. The molecule has 30 heavy (non-hydrogen) atoms. The van der Waals surface area contributed by atoms with Gasteiger partial charge in [0.2, 0.25) is 0 Å². The van der Waals surface area contributed by atoms with E-state index >= 15 is 0 Å². The van der Waals surface area contributed by atoms with Crippen molar-refractivity contribution >= 4 is 23.5 Å². The number of halogens is 3. The van der Waals surface area contributed by atoms with Gasteiger partial charge in [0.25, 0.3) is 5.91 Å². The van der Waals surface area contributed by atoms with Gasteiger partial charge in [0.05, 0.1) is 5.02 Å². The lowest BCUT2D eigenvalue weighted by Gasteiger charge is -2.20. The van der Waals surface area contributed by atoms with Crippen molar-refractivity contribution in [1.82, 2.24) is 10.6 Å². The summed E-state index contributed by atoms with van der Waals surface area (Å²) in [4.78, 5) is 16.8. The molecule has 6 nitrogen and oxygen atoms in total. The van der Waals surface area contributed by atoms with E-state index in [0.717, 1.165) is 18.1 Å². The molecule has 3 atom stereocenters. The van der Waals surface area contributed by atoms with Gasteiger partial charge < -0.3 is 16.8 Å². The third kappa shape index (κ3) is 7.05. The fraction of sp³-hybridized carbons (Fsp3) is 0.333. The van der Waals surface area contributed by atoms with E-state index in [1.165, 1.54) is 24.3 Å². The summed E-state index contributed by atoms with van der Waals surface area (Å²) in [6, 6.07) is 9.13. The Kier molecular flexibility index (Phi) is 8.71. The lowest BCUT2D eigenvalue weighted by Crippen LogP contribution is -2.46. The second-order valence-corrected chi connectivity index (χ2v) is 7.38. The molecule has 6 N–H and O–H groups in total. The summed E-state index contributed by atoms with van der Waals surface area (Å²) in [5, 5.41) is 5.61. The van der Waals surface area contributed by atoms with E-state index in [9.17, 15) is 13.6 Å². The molecule has 0 aliphatic heterocycles. The number of carbonyl (C=O) groups is 1. The molecule has 0 bridgehead atoms. The summed E-state index contributed by atoms with van der Waals surface area (Å²) in [6.07, 6.45) is 0.302. The van der Waals surface area contributed by atoms with Crippen molar-refractivity contribution in [2.24, 2.45) is 16.5 Å². The van der Waals surface area contributed by atoms with E-state index in [4.69, 9.17) is 23.1 Å². The van der Waals surface area contributed by atoms with E-state index in [1.807, 2.05) is 13.8 Å². The number of nitrogens with one attached hydrogen (secondary N) is 2. The van der Waals surface area contributed by atoms with Crippen molar-refractivity contribution < 1.29 is 13.6 Å². The second-order valence-electron chi connectivity index (χ2n) is 6.98. The van der Waals surface area contributed by atoms with Crippen LogP contribution < -0.4 is 22.1 Å². The van der Waals surface area contributed by atoms with Crippen molar-refractivity contribution in [3.63, 3.8) is 0 Å². The maximum Gasteiger partial charge on any atom is 0.258 e. The molecule has 9 heteroatoms. The van der Waals surface area contributed by atoms with Gasteiger partial charge >= 0.3 is 0 Å². The third-order valence-corrected chi connectivity index (χ3v) is 4.80. The molecule has 0 radical (unpaired) electrons. The van der Waals surface area contributed by atoms with Crippen LogP contribution >= 0.6 is 11.6 Å². The topological polar surface area (TPSA) is 106 Å². The summed E-state index contributed by atoms with van der Waals surface area (Å²) in [7, 11) is 0. The molecule has 2 rings (SSSR count). The standard InChI is InChI=1S/C21H26ClF2N5O/c1-3-12(2)27-21(29-20(30)14-6-9-16(22)17(24)10-14)28-19(26)11-18(25)13-4-7-15(23)8-5-13/h4-10,12,18-19H,3,11,25-26H2,1-2H3,(H2,27,28,29,30). The van der Waals surface area contributed by atoms with Gasteiger partial charge in [-0.2, -0.15) is 0 Å². The smallest absolute Gasteiger partial charge is 0.258 e. The van der Waals surface area contributed by atoms with Gasteiger partial charge in [-0.1, -0.05) is 30.7 Å². The Labute approximate surface area is 179 Å². The SMILES string of the molecule is CCC(C)NC(=NC(N)CC(N)c1ccc(F)cc1)NC(=O)c1ccc(Cl)c(F)c1. The summed E-state index contributed by atoms with van der Waals surface area (Å²) < 4.78 is 26.7. The van der Waals surface area contributed by atoms with Gasteiger partial charge in [-0.3, -0.25) is 10.1 Å². The van der Waals surface area contributed by atoms with Crippen LogP contribution in [0.3, 0.4) is 0 Å². The zero-order chi connectivity index (χ0) is 22.3. The Balaban J connectivity index is 2.13. The molecule has 0 heterocycles. The Bertz CT molecular complexity index is 891. The molecule has 2 aromatic rings. The Hall–Kier alpha value is -2.55. The second kappa shape index (κ2) is 11.0. The summed E-state index contributed by atoms with van der Waals surface area (Å²) in [5.41, 5.74) is 13.1. The van der Waals surface area contributed by atoms with Crippen LogP contribution in [0.15, 0.2) is 47.5 Å². The molecule has 2 aromatic carbocycles. The number of hydrogen-bond donors (Lipinski definition) is 4. The highest BCUT2D eigenvalue weighted by Crippen LogP contribution is 2.17. The fourth-order valence-electron chi connectivity index (χ4n) is 2.58. The van der Waals surface area contributed by atoms with Crippen molar-refractivity contribution in [1.29, 1.82) is 0 Å². The number of rotatable bonds is 7. The maximum atomic E-state index is 13.7. The molecule has 0 aliphatic rings. The highest BCUT2D eigenvalue weighted by Gasteiger charge is 2.16. The van der Waals surface area contributed by atoms with Crippen molar-refractivity contribution in [3.8, 4) is 0 Å². The van der Waals surface area contributed by atoms with E-state index in [-0.39, 0.29) is 34.8 Å². The normalized spacial score (nSPS) is 14.7. The Morgan fingerprint density at radius 2 is 1.83 bits per heavy atom. The van der Waals surface area contributed by atoms with E-state index in [1.54, 1.807) is 12.1 Å². The van der Waals surface area contributed by atoms with Crippen LogP contribution in [0.5, 0.6) is 0 Å². The zero-order valence-electron chi connectivity index (χ0n) is 16.8. The van der Waals surface area contributed by atoms with Gasteiger partial charge in [-0.15, -0.1) is 0 Å².